The molecule has 0 radical (unpaired) electrons. The summed E-state index contributed by atoms with van der Waals surface area (Å²) in [6, 6.07) is 26.7. The van der Waals surface area contributed by atoms with E-state index in [0.717, 1.165) is 0 Å². The minimum atomic E-state index is -3.87. The van der Waals surface area contributed by atoms with E-state index in [-0.39, 0.29) is 41.5 Å². The van der Waals surface area contributed by atoms with Crippen molar-refractivity contribution >= 4 is 27.7 Å². The molecule has 3 heterocycles. The zero-order valence-electron chi connectivity index (χ0n) is 27.4. The van der Waals surface area contributed by atoms with Crippen molar-refractivity contribution in [2.45, 2.75) is 37.9 Å². The standard InChI is InChI=1S/C36H35N7O5S/c1-24-21-41(22-25(2)48-24)49(46,47)32-17-11-12-27(19-32)34-29(23-42(39-34)30-13-7-5-8-14-30)18-28(20-37)35(44)38-33-26(3)40(4)43(36(33)45)31-15-9-6-10-16-31/h5-19,23-25H,21-22H2,1-4H3,(H,38,44). The fourth-order valence-electron chi connectivity index (χ4n) is 5.91. The molecule has 1 saturated heterocycles. The van der Waals surface area contributed by atoms with Crippen LogP contribution in [0.3, 0.4) is 0 Å². The van der Waals surface area contributed by atoms with E-state index in [2.05, 4.69) is 5.32 Å². The Kier molecular flexibility index (Phi) is 9.20. The quantitative estimate of drug-likeness (QED) is 0.186. The first-order chi connectivity index (χ1) is 23.5. The minimum Gasteiger partial charge on any atom is -0.373 e. The van der Waals surface area contributed by atoms with Crippen LogP contribution in [0.15, 0.2) is 106 Å². The van der Waals surface area contributed by atoms with Crippen molar-refractivity contribution in [3.8, 4) is 28.7 Å². The fourth-order valence-corrected chi connectivity index (χ4v) is 7.54. The maximum Gasteiger partial charge on any atom is 0.295 e. The highest BCUT2D eigenvalue weighted by Crippen LogP contribution is 2.30. The van der Waals surface area contributed by atoms with E-state index in [0.29, 0.717) is 33.9 Å². The summed E-state index contributed by atoms with van der Waals surface area (Å²) < 4.78 is 39.3. The molecule has 6 rings (SSSR count). The molecule has 1 aliphatic heterocycles. The average Bonchev–Trinajstić information content (AvgIpc) is 3.61. The monoisotopic (exact) mass is 677 g/mol. The maximum atomic E-state index is 13.7. The van der Waals surface area contributed by atoms with Gasteiger partial charge in [-0.3, -0.25) is 14.3 Å². The minimum absolute atomic E-state index is 0.0439. The number of hydrogen-bond acceptors (Lipinski definition) is 7. The molecule has 49 heavy (non-hydrogen) atoms. The van der Waals surface area contributed by atoms with Gasteiger partial charge in [0.15, 0.2) is 0 Å². The van der Waals surface area contributed by atoms with Gasteiger partial charge in [-0.2, -0.15) is 14.7 Å². The summed E-state index contributed by atoms with van der Waals surface area (Å²) in [7, 11) is -2.16. The Bertz CT molecular complexity index is 2260. The van der Waals surface area contributed by atoms with Crippen molar-refractivity contribution in [1.29, 1.82) is 5.26 Å². The lowest BCUT2D eigenvalue weighted by Gasteiger charge is -2.34. The summed E-state index contributed by atoms with van der Waals surface area (Å²) in [5.41, 5.74) is 2.37. The first kappa shape index (κ1) is 33.4. The lowest BCUT2D eigenvalue weighted by atomic mass is 10.1. The number of carbonyl (C=O) groups excluding carboxylic acids is 1. The third-order valence-corrected chi connectivity index (χ3v) is 10.2. The largest absolute Gasteiger partial charge is 0.373 e. The summed E-state index contributed by atoms with van der Waals surface area (Å²) in [4.78, 5) is 27.1. The molecule has 2 aromatic heterocycles. The van der Waals surface area contributed by atoms with Crippen LogP contribution in [0, 0.1) is 18.3 Å². The van der Waals surface area contributed by atoms with E-state index in [1.54, 1.807) is 72.0 Å². The highest BCUT2D eigenvalue weighted by atomic mass is 32.2. The van der Waals surface area contributed by atoms with Crippen molar-refractivity contribution in [2.24, 2.45) is 7.05 Å². The Hall–Kier alpha value is -5.55. The van der Waals surface area contributed by atoms with E-state index in [1.165, 1.54) is 21.1 Å². The molecule has 0 spiro atoms. The van der Waals surface area contributed by atoms with Gasteiger partial charge in [-0.1, -0.05) is 48.5 Å². The first-order valence-electron chi connectivity index (χ1n) is 15.7. The van der Waals surface area contributed by atoms with Gasteiger partial charge in [0.2, 0.25) is 10.0 Å². The van der Waals surface area contributed by atoms with Crippen LogP contribution in [-0.4, -0.2) is 63.1 Å². The number of rotatable bonds is 8. The molecule has 0 bridgehead atoms. The van der Waals surface area contributed by atoms with E-state index in [1.807, 2.05) is 56.3 Å². The molecule has 0 saturated carbocycles. The molecule has 2 unspecified atom stereocenters. The number of ether oxygens (including phenoxy) is 1. The first-order valence-corrected chi connectivity index (χ1v) is 17.1. The van der Waals surface area contributed by atoms with Gasteiger partial charge in [-0.15, -0.1) is 0 Å². The van der Waals surface area contributed by atoms with Crippen LogP contribution in [0.1, 0.15) is 25.1 Å². The smallest absolute Gasteiger partial charge is 0.295 e. The second kappa shape index (κ2) is 13.5. The highest BCUT2D eigenvalue weighted by molar-refractivity contribution is 7.89. The third kappa shape index (κ3) is 6.62. The average molecular weight is 678 g/mol. The van der Waals surface area contributed by atoms with Gasteiger partial charge in [0.1, 0.15) is 23.0 Å². The molecular formula is C36H35N7O5S. The van der Waals surface area contributed by atoms with Gasteiger partial charge >= 0.3 is 0 Å². The number of aromatic nitrogens is 4. The molecule has 3 aromatic carbocycles. The number of anilines is 1. The lowest BCUT2D eigenvalue weighted by Crippen LogP contribution is -2.48. The summed E-state index contributed by atoms with van der Waals surface area (Å²) >= 11 is 0. The molecule has 1 aliphatic rings. The van der Waals surface area contributed by atoms with E-state index >= 15 is 0 Å². The molecule has 250 valence electrons. The predicted molar refractivity (Wildman–Crippen MR) is 186 cm³/mol. The Labute approximate surface area is 284 Å². The summed E-state index contributed by atoms with van der Waals surface area (Å²) in [5, 5.41) is 17.6. The van der Waals surface area contributed by atoms with Crippen LogP contribution in [0.5, 0.6) is 0 Å². The summed E-state index contributed by atoms with van der Waals surface area (Å²) in [6.07, 6.45) is 2.54. The van der Waals surface area contributed by atoms with Crippen molar-refractivity contribution < 1.29 is 17.9 Å². The van der Waals surface area contributed by atoms with Crippen molar-refractivity contribution in [1.82, 2.24) is 23.4 Å². The number of nitrogens with zero attached hydrogens (tertiary/aromatic N) is 6. The molecule has 13 heteroatoms. The molecule has 1 amide bonds. The van der Waals surface area contributed by atoms with Gasteiger partial charge in [0, 0.05) is 37.5 Å². The van der Waals surface area contributed by atoms with Gasteiger partial charge in [0.25, 0.3) is 11.5 Å². The number of sulfonamides is 1. The predicted octanol–water partition coefficient (Wildman–Crippen LogP) is 4.68. The van der Waals surface area contributed by atoms with Crippen molar-refractivity contribution in [2.75, 3.05) is 18.4 Å². The number of benzene rings is 3. The fraction of sp³-hybridized carbons (Fsp3) is 0.222. The number of amides is 1. The van der Waals surface area contributed by atoms with Gasteiger partial charge in [-0.25, -0.2) is 17.8 Å². The highest BCUT2D eigenvalue weighted by Gasteiger charge is 2.32. The van der Waals surface area contributed by atoms with E-state index < -0.39 is 21.5 Å². The normalized spacial score (nSPS) is 17.1. The molecular weight excluding hydrogens is 643 g/mol. The Morgan fingerprint density at radius 3 is 2.24 bits per heavy atom. The zero-order chi connectivity index (χ0) is 34.9. The molecule has 5 aromatic rings. The van der Waals surface area contributed by atoms with E-state index in [9.17, 15) is 23.3 Å². The summed E-state index contributed by atoms with van der Waals surface area (Å²) in [5.74, 6) is -0.779. The van der Waals surface area contributed by atoms with Gasteiger partial charge in [-0.05, 0) is 63.2 Å². The second-order valence-corrected chi connectivity index (χ2v) is 13.8. The Morgan fingerprint density at radius 1 is 0.980 bits per heavy atom. The van der Waals surface area contributed by atoms with Crippen LogP contribution >= 0.6 is 0 Å². The molecule has 1 fully saturated rings. The molecule has 2 atom stereocenters. The third-order valence-electron chi connectivity index (χ3n) is 8.35. The number of para-hydroxylation sites is 2. The van der Waals surface area contributed by atoms with E-state index in [4.69, 9.17) is 9.84 Å². The molecule has 12 nitrogen and oxygen atoms in total. The second-order valence-electron chi connectivity index (χ2n) is 11.9. The number of morpholine rings is 1. The summed E-state index contributed by atoms with van der Waals surface area (Å²) in [6.45, 7) is 5.83. The molecule has 1 N–H and O–H groups in total. The van der Waals surface area contributed by atoms with Crippen molar-refractivity contribution in [3.63, 3.8) is 0 Å². The number of nitriles is 1. The topological polar surface area (TPSA) is 144 Å². The number of nitrogens with one attached hydrogen (secondary N) is 1. The van der Waals surface area contributed by atoms with Crippen LogP contribution in [-0.2, 0) is 26.6 Å². The molecule has 0 aliphatic carbocycles. The number of hydrogen-bond donors (Lipinski definition) is 1. The van der Waals surface area contributed by atoms with Crippen molar-refractivity contribution in [3.05, 3.63) is 118 Å². The lowest BCUT2D eigenvalue weighted by molar-refractivity contribution is -0.112. The number of carbonyl (C=O) groups is 1. The van der Waals surface area contributed by atoms with Gasteiger partial charge < -0.3 is 10.1 Å². The van der Waals surface area contributed by atoms with Crippen LogP contribution in [0.25, 0.3) is 28.7 Å². The maximum absolute atomic E-state index is 13.7. The SMILES string of the molecule is Cc1c(NC(=O)C(C#N)=Cc2cn(-c3ccccc3)nc2-c2cccc(S(=O)(=O)N3CC(C)OC(C)C3)c2)c(=O)n(-c2ccccc2)n1C. The Balaban J connectivity index is 1.39. The van der Waals surface area contributed by atoms with Crippen LogP contribution in [0.4, 0.5) is 5.69 Å². The van der Waals surface area contributed by atoms with Gasteiger partial charge in [0.05, 0.1) is 34.2 Å². The zero-order valence-corrected chi connectivity index (χ0v) is 28.3. The van der Waals surface area contributed by atoms with Crippen LogP contribution in [0.2, 0.25) is 0 Å². The van der Waals surface area contributed by atoms with Crippen LogP contribution < -0.4 is 10.9 Å². The Morgan fingerprint density at radius 2 is 1.61 bits per heavy atom.